The van der Waals surface area contributed by atoms with E-state index in [0.29, 0.717) is 35.6 Å². The summed E-state index contributed by atoms with van der Waals surface area (Å²) < 4.78 is 13.7. The predicted octanol–water partition coefficient (Wildman–Crippen LogP) is 3.46. The molecule has 0 aromatic heterocycles. The molecule has 0 aliphatic carbocycles. The minimum Gasteiger partial charge on any atom is -0.329 e. The summed E-state index contributed by atoms with van der Waals surface area (Å²) in [5.74, 6) is 0.388. The second kappa shape index (κ2) is 7.44. The fourth-order valence-corrected chi connectivity index (χ4v) is 2.99. The third kappa shape index (κ3) is 4.06. The molecule has 5 heteroatoms. The highest BCUT2D eigenvalue weighted by atomic mass is 35.5. The van der Waals surface area contributed by atoms with E-state index in [-0.39, 0.29) is 18.2 Å². The molecule has 1 aliphatic heterocycles. The van der Waals surface area contributed by atoms with Crippen molar-refractivity contribution >= 4 is 24.0 Å². The lowest BCUT2D eigenvalue weighted by molar-refractivity contribution is 0.0979. The van der Waals surface area contributed by atoms with Gasteiger partial charge in [-0.25, -0.2) is 4.39 Å². The van der Waals surface area contributed by atoms with E-state index < -0.39 is 0 Å². The molecular weight excluding hydrogens is 286 g/mol. The van der Waals surface area contributed by atoms with Crippen molar-refractivity contribution < 1.29 is 4.39 Å². The van der Waals surface area contributed by atoms with Gasteiger partial charge in [-0.15, -0.1) is 12.4 Å². The van der Waals surface area contributed by atoms with Crippen LogP contribution in [0.3, 0.4) is 0 Å². The van der Waals surface area contributed by atoms with E-state index in [4.69, 9.17) is 17.3 Å². The van der Waals surface area contributed by atoms with E-state index in [0.717, 1.165) is 13.0 Å². The molecule has 2 unspecified atom stereocenters. The van der Waals surface area contributed by atoms with E-state index in [9.17, 15) is 4.39 Å². The van der Waals surface area contributed by atoms with E-state index in [1.54, 1.807) is 12.1 Å². The molecule has 0 amide bonds. The fourth-order valence-electron chi connectivity index (χ4n) is 2.80. The average Bonchev–Trinajstić information content (AvgIpc) is 2.34. The van der Waals surface area contributed by atoms with Crippen LogP contribution in [0.5, 0.6) is 0 Å². The van der Waals surface area contributed by atoms with Crippen LogP contribution in [0.2, 0.25) is 5.02 Å². The molecule has 2 nitrogen and oxygen atoms in total. The van der Waals surface area contributed by atoms with Crippen molar-refractivity contribution in [2.24, 2.45) is 11.7 Å². The Morgan fingerprint density at radius 1 is 1.47 bits per heavy atom. The molecule has 0 radical (unpaired) electrons. The van der Waals surface area contributed by atoms with Crippen molar-refractivity contribution in [3.8, 4) is 0 Å². The molecular formula is C14H21Cl2FN2. The molecule has 0 saturated carbocycles. The van der Waals surface area contributed by atoms with Crippen molar-refractivity contribution in [3.63, 3.8) is 0 Å². The fraction of sp³-hybridized carbons (Fsp3) is 0.571. The molecule has 1 aromatic carbocycles. The third-order valence-corrected chi connectivity index (χ3v) is 4.09. The van der Waals surface area contributed by atoms with Gasteiger partial charge in [-0.3, -0.25) is 4.90 Å². The van der Waals surface area contributed by atoms with Crippen molar-refractivity contribution in [1.29, 1.82) is 0 Å². The average molecular weight is 307 g/mol. The largest absolute Gasteiger partial charge is 0.329 e. The van der Waals surface area contributed by atoms with Gasteiger partial charge < -0.3 is 5.73 Å². The molecule has 2 atom stereocenters. The summed E-state index contributed by atoms with van der Waals surface area (Å²) in [5.41, 5.74) is 6.51. The van der Waals surface area contributed by atoms with E-state index in [1.807, 2.05) is 0 Å². The summed E-state index contributed by atoms with van der Waals surface area (Å²) in [6, 6.07) is 5.07. The lowest BCUT2D eigenvalue weighted by atomic mass is 9.90. The standard InChI is InChI=1S/C14H20ClFN2.ClH/c1-10-3-2-6-18(14(10)8-17)9-11-7-12(15)4-5-13(11)16;/h4-5,7,10,14H,2-3,6,8-9,17H2,1H3;1H. The van der Waals surface area contributed by atoms with Gasteiger partial charge in [0.25, 0.3) is 0 Å². The molecule has 0 bridgehead atoms. The van der Waals surface area contributed by atoms with Gasteiger partial charge in [-0.05, 0) is 43.5 Å². The number of benzene rings is 1. The molecule has 1 aliphatic rings. The molecule has 1 fully saturated rings. The number of rotatable bonds is 3. The summed E-state index contributed by atoms with van der Waals surface area (Å²) in [6.45, 7) is 4.43. The van der Waals surface area contributed by atoms with Gasteiger partial charge >= 0.3 is 0 Å². The van der Waals surface area contributed by atoms with Crippen LogP contribution in [0.1, 0.15) is 25.3 Å². The van der Waals surface area contributed by atoms with Gasteiger partial charge in [0.2, 0.25) is 0 Å². The summed E-state index contributed by atoms with van der Waals surface area (Å²) in [4.78, 5) is 2.28. The van der Waals surface area contributed by atoms with Crippen LogP contribution in [-0.4, -0.2) is 24.0 Å². The minimum atomic E-state index is -0.187. The Morgan fingerprint density at radius 3 is 2.89 bits per heavy atom. The van der Waals surface area contributed by atoms with Crippen LogP contribution in [0.25, 0.3) is 0 Å². The minimum absolute atomic E-state index is 0. The Labute approximate surface area is 125 Å². The van der Waals surface area contributed by atoms with Crippen LogP contribution in [-0.2, 0) is 6.54 Å². The summed E-state index contributed by atoms with van der Waals surface area (Å²) >= 11 is 5.92. The lowest BCUT2D eigenvalue weighted by Gasteiger charge is -2.39. The molecule has 0 spiro atoms. The second-order valence-corrected chi connectivity index (χ2v) is 5.57. The first kappa shape index (κ1) is 16.7. The number of halogens is 3. The molecule has 108 valence electrons. The number of nitrogens with two attached hydrogens (primary N) is 1. The van der Waals surface area contributed by atoms with Crippen LogP contribution in [0, 0.1) is 11.7 Å². The Hall–Kier alpha value is -0.350. The first-order chi connectivity index (χ1) is 8.61. The summed E-state index contributed by atoms with van der Waals surface area (Å²) in [7, 11) is 0. The van der Waals surface area contributed by atoms with Gasteiger partial charge in [0.15, 0.2) is 0 Å². The number of hydrogen-bond donors (Lipinski definition) is 1. The van der Waals surface area contributed by atoms with E-state index in [1.165, 1.54) is 12.5 Å². The Bertz CT molecular complexity index is 414. The monoisotopic (exact) mass is 306 g/mol. The van der Waals surface area contributed by atoms with Gasteiger partial charge in [-0.2, -0.15) is 0 Å². The Balaban J connectivity index is 0.00000180. The molecule has 1 saturated heterocycles. The maximum atomic E-state index is 13.7. The first-order valence-corrected chi connectivity index (χ1v) is 6.87. The molecule has 19 heavy (non-hydrogen) atoms. The first-order valence-electron chi connectivity index (χ1n) is 6.50. The number of hydrogen-bond acceptors (Lipinski definition) is 2. The number of likely N-dealkylation sites (tertiary alicyclic amines) is 1. The number of piperidine rings is 1. The lowest BCUT2D eigenvalue weighted by Crippen LogP contribution is -2.48. The molecule has 2 N–H and O–H groups in total. The van der Waals surface area contributed by atoms with Gasteiger partial charge in [0.1, 0.15) is 5.82 Å². The van der Waals surface area contributed by atoms with Crippen LogP contribution in [0.4, 0.5) is 4.39 Å². The zero-order valence-electron chi connectivity index (χ0n) is 11.1. The maximum Gasteiger partial charge on any atom is 0.127 e. The number of nitrogens with zero attached hydrogens (tertiary/aromatic N) is 1. The van der Waals surface area contributed by atoms with E-state index >= 15 is 0 Å². The smallest absolute Gasteiger partial charge is 0.127 e. The third-order valence-electron chi connectivity index (χ3n) is 3.85. The highest BCUT2D eigenvalue weighted by Crippen LogP contribution is 2.25. The summed E-state index contributed by atoms with van der Waals surface area (Å²) in [5, 5.41) is 0.584. The zero-order valence-corrected chi connectivity index (χ0v) is 12.7. The van der Waals surface area contributed by atoms with Crippen molar-refractivity contribution in [2.45, 2.75) is 32.4 Å². The maximum absolute atomic E-state index is 13.7. The summed E-state index contributed by atoms with van der Waals surface area (Å²) in [6.07, 6.45) is 2.36. The highest BCUT2D eigenvalue weighted by molar-refractivity contribution is 6.30. The van der Waals surface area contributed by atoms with E-state index in [2.05, 4.69) is 11.8 Å². The second-order valence-electron chi connectivity index (χ2n) is 5.13. The van der Waals surface area contributed by atoms with Gasteiger partial charge in [0, 0.05) is 29.7 Å². The highest BCUT2D eigenvalue weighted by Gasteiger charge is 2.27. The van der Waals surface area contributed by atoms with Crippen molar-refractivity contribution in [2.75, 3.05) is 13.1 Å². The zero-order chi connectivity index (χ0) is 13.1. The van der Waals surface area contributed by atoms with Crippen molar-refractivity contribution in [1.82, 2.24) is 4.90 Å². The quantitative estimate of drug-likeness (QED) is 0.926. The van der Waals surface area contributed by atoms with Gasteiger partial charge in [-0.1, -0.05) is 18.5 Å². The van der Waals surface area contributed by atoms with Crippen molar-refractivity contribution in [3.05, 3.63) is 34.6 Å². The Morgan fingerprint density at radius 2 is 2.21 bits per heavy atom. The van der Waals surface area contributed by atoms with Crippen LogP contribution < -0.4 is 5.73 Å². The van der Waals surface area contributed by atoms with Gasteiger partial charge in [0.05, 0.1) is 0 Å². The normalized spacial score (nSPS) is 24.0. The topological polar surface area (TPSA) is 29.3 Å². The van der Waals surface area contributed by atoms with Crippen LogP contribution >= 0.6 is 24.0 Å². The predicted molar refractivity (Wildman–Crippen MR) is 80.3 cm³/mol. The SMILES string of the molecule is CC1CCCN(Cc2cc(Cl)ccc2F)C1CN.Cl. The molecule has 2 rings (SSSR count). The Kier molecular flexibility index (Phi) is 6.54. The van der Waals surface area contributed by atoms with Crippen LogP contribution in [0.15, 0.2) is 18.2 Å². The molecule has 1 heterocycles. The molecule has 1 aromatic rings.